The number of quaternary nitrogens is 1. The van der Waals surface area contributed by atoms with E-state index in [0.717, 1.165) is 0 Å². The molecule has 0 fully saturated rings. The fourth-order valence-corrected chi connectivity index (χ4v) is 1.42. The molecule has 0 aromatic heterocycles. The molecule has 1 N–H and O–H groups in total. The lowest BCUT2D eigenvalue weighted by atomic mass is 10.7. The quantitative estimate of drug-likeness (QED) is 0.402. The highest BCUT2D eigenvalue weighted by molar-refractivity contribution is 7.47. The molecule has 0 aromatic carbocycles. The molecule has 14 heavy (non-hydrogen) atoms. The molecule has 0 aliphatic carbocycles. The van der Waals surface area contributed by atoms with E-state index in [-0.39, 0.29) is 13.5 Å². The number of phosphoric ester groups is 1. The van der Waals surface area contributed by atoms with Crippen LogP contribution in [0.15, 0.2) is 0 Å². The van der Waals surface area contributed by atoms with Crippen LogP contribution in [-0.2, 0) is 13.6 Å². The first-order chi connectivity index (χ1) is 6.12. The van der Waals surface area contributed by atoms with Gasteiger partial charge in [-0.15, -0.1) is 0 Å². The first-order valence-corrected chi connectivity index (χ1v) is 5.69. The minimum absolute atomic E-state index is 0.0604. The van der Waals surface area contributed by atoms with Gasteiger partial charge < -0.3 is 9.38 Å². The average molecular weight is 227 g/mol. The van der Waals surface area contributed by atoms with E-state index in [4.69, 9.17) is 9.05 Å². The molecular weight excluding hydrogens is 207 g/mol. The van der Waals surface area contributed by atoms with Crippen molar-refractivity contribution in [3.63, 3.8) is 0 Å². The minimum atomic E-state index is -3.90. The van der Waals surface area contributed by atoms with Crippen molar-refractivity contribution in [3.05, 3.63) is 0 Å². The van der Waals surface area contributed by atoms with Crippen LogP contribution >= 0.6 is 7.82 Å². The first kappa shape index (κ1) is 14.0. The van der Waals surface area contributed by atoms with E-state index in [1.165, 1.54) is 0 Å². The summed E-state index contributed by atoms with van der Waals surface area (Å²) < 4.78 is 21.1. The summed E-state index contributed by atoms with van der Waals surface area (Å²) >= 11 is 0. The Morgan fingerprint density at radius 2 is 1.79 bits per heavy atom. The van der Waals surface area contributed by atoms with Gasteiger partial charge in [0.25, 0.3) is 0 Å². The van der Waals surface area contributed by atoms with Crippen LogP contribution in [0.25, 0.3) is 0 Å². The van der Waals surface area contributed by atoms with Gasteiger partial charge in [-0.05, 0) is 14.1 Å². The normalized spacial score (nSPS) is 17.1. The lowest BCUT2D eigenvalue weighted by molar-refractivity contribution is -0.887. The van der Waals surface area contributed by atoms with Gasteiger partial charge in [-0.25, -0.2) is 9.09 Å². The predicted octanol–water partition coefficient (Wildman–Crippen LogP) is 0.303. The molecule has 0 aliphatic heterocycles. The zero-order chi connectivity index (χ0) is 11.4. The Labute approximate surface area is 85.2 Å². The van der Waals surface area contributed by atoms with E-state index in [9.17, 15) is 9.46 Å². The van der Waals surface area contributed by atoms with Gasteiger partial charge in [0.15, 0.2) is 6.73 Å². The summed E-state index contributed by atoms with van der Waals surface area (Å²) in [6, 6.07) is 0. The molecule has 1 unspecified atom stereocenters. The molecule has 0 aliphatic rings. The van der Waals surface area contributed by atoms with Crippen molar-refractivity contribution in [2.45, 2.75) is 0 Å². The second kappa shape index (κ2) is 5.21. The van der Waals surface area contributed by atoms with Crippen molar-refractivity contribution in [1.82, 2.24) is 4.90 Å². The largest absolute Gasteiger partial charge is 0.477 e. The van der Waals surface area contributed by atoms with Crippen molar-refractivity contribution >= 4 is 7.82 Å². The molecule has 0 saturated carbocycles. The average Bonchev–Trinajstić information content (AvgIpc) is 1.97. The number of hydrogen-bond acceptors (Lipinski definition) is 4. The van der Waals surface area contributed by atoms with Crippen LogP contribution in [0.1, 0.15) is 0 Å². The first-order valence-electron chi connectivity index (χ1n) is 4.19. The van der Waals surface area contributed by atoms with Crippen molar-refractivity contribution < 1.29 is 23.0 Å². The van der Waals surface area contributed by atoms with E-state index in [2.05, 4.69) is 0 Å². The van der Waals surface area contributed by atoms with Crippen LogP contribution in [0, 0.1) is 0 Å². The van der Waals surface area contributed by atoms with E-state index in [1.807, 2.05) is 21.1 Å². The maximum Gasteiger partial charge on any atom is 0.477 e. The van der Waals surface area contributed by atoms with E-state index in [0.29, 0.717) is 4.48 Å². The maximum atomic E-state index is 11.2. The molecule has 0 spiro atoms. The van der Waals surface area contributed by atoms with Crippen molar-refractivity contribution in [1.29, 1.82) is 0 Å². The summed E-state index contributed by atoms with van der Waals surface area (Å²) in [4.78, 5) is 10.8. The van der Waals surface area contributed by atoms with Crippen molar-refractivity contribution in [2.75, 3.05) is 48.7 Å². The topological polar surface area (TPSA) is 59.0 Å². The SMILES string of the molecule is CN(C)COP(=O)(O)OC[N+](C)(C)C. The highest BCUT2D eigenvalue weighted by Gasteiger charge is 2.24. The molecular formula is C7H20N2O4P+. The number of phosphoric acid groups is 1. The molecule has 0 heterocycles. The van der Waals surface area contributed by atoms with Gasteiger partial charge in [-0.2, -0.15) is 0 Å². The Morgan fingerprint density at radius 3 is 2.14 bits per heavy atom. The van der Waals surface area contributed by atoms with Gasteiger partial charge in [0.2, 0.25) is 0 Å². The van der Waals surface area contributed by atoms with Gasteiger partial charge in [0.1, 0.15) is 6.73 Å². The second-order valence-corrected chi connectivity index (χ2v) is 5.81. The Balaban J connectivity index is 3.90. The standard InChI is InChI=1S/C7H19N2O4P/c1-8(2)6-12-14(10,11)13-7-9(3,4)5/h6-7H2,1-5H3/p+1. The summed E-state index contributed by atoms with van der Waals surface area (Å²) in [5, 5.41) is 0. The fourth-order valence-electron chi connectivity index (χ4n) is 0.472. The number of rotatable bonds is 6. The summed E-state index contributed by atoms with van der Waals surface area (Å²) in [7, 11) is 5.13. The number of nitrogens with zero attached hydrogens (tertiary/aromatic N) is 2. The summed E-state index contributed by atoms with van der Waals surface area (Å²) in [6.45, 7) is 0.187. The third-order valence-corrected chi connectivity index (χ3v) is 1.97. The Bertz CT molecular complexity index is 214. The van der Waals surface area contributed by atoms with Gasteiger partial charge in [0, 0.05) is 0 Å². The molecule has 0 aromatic rings. The molecule has 0 bridgehead atoms. The van der Waals surface area contributed by atoms with Gasteiger partial charge >= 0.3 is 7.82 Å². The second-order valence-electron chi connectivity index (χ2n) is 4.35. The van der Waals surface area contributed by atoms with E-state index < -0.39 is 7.82 Å². The Hall–Kier alpha value is 0.0300. The smallest absolute Gasteiger partial charge is 0.308 e. The van der Waals surface area contributed by atoms with Gasteiger partial charge in [-0.1, -0.05) is 0 Å². The zero-order valence-electron chi connectivity index (χ0n) is 9.43. The maximum absolute atomic E-state index is 11.2. The predicted molar refractivity (Wildman–Crippen MR) is 53.4 cm³/mol. The summed E-state index contributed by atoms with van der Waals surface area (Å²) in [5.41, 5.74) is 0. The van der Waals surface area contributed by atoms with Crippen LogP contribution in [0.5, 0.6) is 0 Å². The number of hydrogen-bond donors (Lipinski definition) is 1. The van der Waals surface area contributed by atoms with Crippen LogP contribution in [0.4, 0.5) is 0 Å². The summed E-state index contributed by atoms with van der Waals surface area (Å²) in [6.07, 6.45) is 0. The van der Waals surface area contributed by atoms with Crippen molar-refractivity contribution in [3.8, 4) is 0 Å². The molecule has 0 saturated heterocycles. The molecule has 0 amide bonds. The highest BCUT2D eigenvalue weighted by atomic mass is 31.2. The van der Waals surface area contributed by atoms with E-state index in [1.54, 1.807) is 19.0 Å². The molecule has 86 valence electrons. The van der Waals surface area contributed by atoms with Crippen LogP contribution in [-0.4, -0.2) is 63.0 Å². The minimum Gasteiger partial charge on any atom is -0.308 e. The molecule has 0 radical (unpaired) electrons. The lowest BCUT2D eigenvalue weighted by Crippen LogP contribution is -2.36. The molecule has 1 atom stereocenters. The Kier molecular flexibility index (Phi) is 5.22. The fraction of sp³-hybridized carbons (Fsp3) is 1.00. The third kappa shape index (κ3) is 8.62. The van der Waals surface area contributed by atoms with Gasteiger partial charge in [0.05, 0.1) is 21.1 Å². The van der Waals surface area contributed by atoms with Crippen LogP contribution in [0.2, 0.25) is 0 Å². The zero-order valence-corrected chi connectivity index (χ0v) is 10.3. The molecule has 6 nitrogen and oxygen atoms in total. The molecule has 0 rings (SSSR count). The summed E-state index contributed by atoms with van der Waals surface area (Å²) in [5.74, 6) is 0. The highest BCUT2D eigenvalue weighted by Crippen LogP contribution is 2.43. The Morgan fingerprint density at radius 1 is 1.29 bits per heavy atom. The van der Waals surface area contributed by atoms with E-state index >= 15 is 0 Å². The molecule has 7 heteroatoms. The van der Waals surface area contributed by atoms with Crippen LogP contribution in [0.3, 0.4) is 0 Å². The van der Waals surface area contributed by atoms with Crippen LogP contribution < -0.4 is 0 Å². The van der Waals surface area contributed by atoms with Crippen molar-refractivity contribution in [2.24, 2.45) is 0 Å². The lowest BCUT2D eigenvalue weighted by Gasteiger charge is -2.24. The third-order valence-electron chi connectivity index (χ3n) is 1.09. The van der Waals surface area contributed by atoms with Gasteiger partial charge in [-0.3, -0.25) is 9.42 Å². The monoisotopic (exact) mass is 227 g/mol.